The minimum Gasteiger partial charge on any atom is -0.456 e. The summed E-state index contributed by atoms with van der Waals surface area (Å²) in [5, 5.41) is 3.05. The Kier molecular flexibility index (Phi) is 54.8. The number of unbranched alkanes of at least 4 members (excludes halogenated alkanes) is 32. The van der Waals surface area contributed by atoms with E-state index in [0.717, 1.165) is 109 Å². The maximum atomic E-state index is 13.6. The topological polar surface area (TPSA) is 111 Å². The van der Waals surface area contributed by atoms with Crippen LogP contribution in [0.15, 0.2) is 72.9 Å². The van der Waals surface area contributed by atoms with E-state index >= 15 is 0 Å². The molecule has 1 amide bonds. The molecule has 0 aromatic rings. The normalized spacial score (nSPS) is 14.1. The fourth-order valence-corrected chi connectivity index (χ4v) is 9.94. The summed E-state index contributed by atoms with van der Waals surface area (Å²) in [5.41, 5.74) is 0. The summed E-state index contributed by atoms with van der Waals surface area (Å²) in [7, 11) is 1.48. The van der Waals surface area contributed by atoms with Crippen LogP contribution in [0.5, 0.6) is 0 Å². The zero-order valence-electron chi connectivity index (χ0n) is 51.2. The van der Waals surface area contributed by atoms with E-state index < -0.39 is 20.0 Å². The van der Waals surface area contributed by atoms with Gasteiger partial charge in [0.05, 0.1) is 33.8 Å². The lowest BCUT2D eigenvalue weighted by molar-refractivity contribution is -0.870. The molecular formula is C67H124N2O7P+. The molecule has 0 aromatic heterocycles. The number of hydrogen-bond acceptors (Lipinski definition) is 6. The van der Waals surface area contributed by atoms with Crippen molar-refractivity contribution in [1.29, 1.82) is 0 Å². The lowest BCUT2D eigenvalue weighted by Crippen LogP contribution is -2.47. The third kappa shape index (κ3) is 57.9. The molecule has 0 rings (SSSR count). The highest BCUT2D eigenvalue weighted by Crippen LogP contribution is 2.43. The van der Waals surface area contributed by atoms with Crippen molar-refractivity contribution in [2.45, 2.75) is 303 Å². The third-order valence-electron chi connectivity index (χ3n) is 14.2. The van der Waals surface area contributed by atoms with E-state index in [1.54, 1.807) is 0 Å². The first-order valence-electron chi connectivity index (χ1n) is 32.3. The summed E-state index contributed by atoms with van der Waals surface area (Å²) >= 11 is 0. The lowest BCUT2D eigenvalue weighted by atomic mass is 10.0. The van der Waals surface area contributed by atoms with Gasteiger partial charge in [0.2, 0.25) is 5.91 Å². The number of carbonyl (C=O) groups excluding carboxylic acids is 2. The Labute approximate surface area is 476 Å². The molecule has 9 nitrogen and oxygen atoms in total. The molecule has 0 aliphatic heterocycles. The smallest absolute Gasteiger partial charge is 0.456 e. The Bertz CT molecular complexity index is 1550. The molecule has 0 saturated heterocycles. The summed E-state index contributed by atoms with van der Waals surface area (Å²) in [6.45, 7) is 6.90. The molecule has 3 unspecified atom stereocenters. The number of quaternary nitrogens is 1. The molecule has 0 aliphatic carbocycles. The van der Waals surface area contributed by atoms with Crippen LogP contribution >= 0.6 is 7.82 Å². The van der Waals surface area contributed by atoms with Gasteiger partial charge in [-0.05, 0) is 76.7 Å². The number of nitrogens with one attached hydrogen (secondary N) is 1. The van der Waals surface area contributed by atoms with Gasteiger partial charge in [-0.3, -0.25) is 18.6 Å². The largest absolute Gasteiger partial charge is 0.472 e. The van der Waals surface area contributed by atoms with Crippen molar-refractivity contribution in [3.8, 4) is 0 Å². The van der Waals surface area contributed by atoms with E-state index in [0.29, 0.717) is 17.4 Å². The molecular weight excluding hydrogens is 976 g/mol. The second-order valence-corrected chi connectivity index (χ2v) is 24.4. The Morgan fingerprint density at radius 3 is 1.25 bits per heavy atom. The third-order valence-corrected chi connectivity index (χ3v) is 15.1. The highest BCUT2D eigenvalue weighted by Gasteiger charge is 2.30. The predicted octanol–water partition coefficient (Wildman–Crippen LogP) is 20.0. The molecule has 0 spiro atoms. The van der Waals surface area contributed by atoms with Gasteiger partial charge in [0.15, 0.2) is 0 Å². The molecule has 0 bridgehead atoms. The first-order valence-corrected chi connectivity index (χ1v) is 33.8. The molecule has 2 N–H and O–H groups in total. The molecule has 0 aromatic carbocycles. The predicted molar refractivity (Wildman–Crippen MR) is 332 cm³/mol. The van der Waals surface area contributed by atoms with Crippen LogP contribution in [0, 0.1) is 0 Å². The molecule has 77 heavy (non-hydrogen) atoms. The van der Waals surface area contributed by atoms with Crippen LogP contribution in [0.3, 0.4) is 0 Å². The van der Waals surface area contributed by atoms with Crippen LogP contribution in [0.25, 0.3) is 0 Å². The quantitative estimate of drug-likeness (QED) is 0.0205. The standard InChI is InChI=1S/C67H123N2O7P/c1-7-10-13-16-19-22-25-27-29-31-33-34-36-37-39-41-44-47-50-53-56-59-66(70)68-64(63-75-77(72,73)74-62-61-69(4,5)6)65(58-55-52-49-46-43-24-21-18-15-12-9-3)76-67(71)60-57-54-51-48-45-42-40-38-35-32-30-28-26-23-20-17-14-11-8-2/h10,13,19,22,27,29,33-34,37,39,55,58,64-65H,7-9,11-12,14-18,20-21,23-26,28,30-32,35-36,38,40-54,56-57,59-63H2,1-6H3,(H-,68,70,72,73)/p+1/b13-10-,22-19-,29-27-,34-33-,39-37-,58-55+. The number of carbonyl (C=O) groups is 2. The van der Waals surface area contributed by atoms with Crippen LogP contribution in [-0.4, -0.2) is 74.3 Å². The summed E-state index contributed by atoms with van der Waals surface area (Å²) in [6, 6.07) is -0.859. The fraction of sp³-hybridized carbons (Fsp3) is 0.791. The van der Waals surface area contributed by atoms with Crippen molar-refractivity contribution >= 4 is 19.7 Å². The summed E-state index contributed by atoms with van der Waals surface area (Å²) < 4.78 is 30.7. The van der Waals surface area contributed by atoms with Crippen LogP contribution in [0.2, 0.25) is 0 Å². The van der Waals surface area contributed by atoms with Crippen molar-refractivity contribution in [3.63, 3.8) is 0 Å². The van der Waals surface area contributed by atoms with Gasteiger partial charge in [0.25, 0.3) is 0 Å². The molecule has 0 radical (unpaired) electrons. The van der Waals surface area contributed by atoms with Crippen molar-refractivity contribution in [2.24, 2.45) is 0 Å². The van der Waals surface area contributed by atoms with Gasteiger partial charge < -0.3 is 19.4 Å². The Hall–Kier alpha value is -2.55. The van der Waals surface area contributed by atoms with Crippen molar-refractivity contribution in [1.82, 2.24) is 5.32 Å². The molecule has 0 aliphatic rings. The van der Waals surface area contributed by atoms with E-state index in [2.05, 4.69) is 86.8 Å². The summed E-state index contributed by atoms with van der Waals surface area (Å²) in [6.07, 6.45) is 73.3. The number of likely N-dealkylation sites (N-methyl/N-ethyl adjacent to an activating group) is 1. The SMILES string of the molecule is CC/C=C\C/C=C\C/C=C\C/C=C\C/C=C\CCCCCCCC(=O)NC(COP(=O)(O)OCC[N+](C)(C)C)C(/C=C/CCCCCCCCCCC)OC(=O)CCCCCCCCCCCCCCCCCCCCC. The molecule has 0 saturated carbocycles. The van der Waals surface area contributed by atoms with Crippen LogP contribution in [-0.2, 0) is 27.9 Å². The van der Waals surface area contributed by atoms with E-state index in [1.807, 2.05) is 33.3 Å². The maximum absolute atomic E-state index is 13.6. The van der Waals surface area contributed by atoms with Crippen molar-refractivity contribution in [3.05, 3.63) is 72.9 Å². The van der Waals surface area contributed by atoms with E-state index in [4.69, 9.17) is 13.8 Å². The minimum absolute atomic E-state index is 0.0348. The number of phosphoric acid groups is 1. The van der Waals surface area contributed by atoms with E-state index in [9.17, 15) is 19.0 Å². The van der Waals surface area contributed by atoms with Crippen LogP contribution in [0.4, 0.5) is 0 Å². The second-order valence-electron chi connectivity index (χ2n) is 22.9. The fourth-order valence-electron chi connectivity index (χ4n) is 9.20. The Morgan fingerprint density at radius 1 is 0.468 bits per heavy atom. The number of rotatable bonds is 58. The zero-order valence-corrected chi connectivity index (χ0v) is 52.1. The number of esters is 1. The highest BCUT2D eigenvalue weighted by molar-refractivity contribution is 7.47. The Balaban J connectivity index is 5.20. The number of allylic oxidation sites excluding steroid dienone is 11. The molecule has 0 fully saturated rings. The van der Waals surface area contributed by atoms with Gasteiger partial charge in [-0.15, -0.1) is 0 Å². The van der Waals surface area contributed by atoms with Crippen LogP contribution in [0.1, 0.15) is 290 Å². The minimum atomic E-state index is -4.46. The monoisotopic (exact) mass is 1100 g/mol. The second kappa shape index (κ2) is 56.7. The van der Waals surface area contributed by atoms with E-state index in [1.165, 1.54) is 148 Å². The Morgan fingerprint density at radius 2 is 0.831 bits per heavy atom. The number of phosphoric ester groups is 1. The first-order chi connectivity index (χ1) is 37.4. The van der Waals surface area contributed by atoms with Gasteiger partial charge in [0.1, 0.15) is 19.3 Å². The summed E-state index contributed by atoms with van der Waals surface area (Å²) in [4.78, 5) is 37.7. The lowest BCUT2D eigenvalue weighted by Gasteiger charge is -2.27. The van der Waals surface area contributed by atoms with Crippen LogP contribution < -0.4 is 5.32 Å². The summed E-state index contributed by atoms with van der Waals surface area (Å²) in [5.74, 6) is -0.520. The number of ether oxygens (including phenoxy) is 1. The molecule has 448 valence electrons. The number of nitrogens with zero attached hydrogens (tertiary/aromatic N) is 1. The molecule has 3 atom stereocenters. The maximum Gasteiger partial charge on any atom is 0.472 e. The average Bonchev–Trinajstić information content (AvgIpc) is 3.39. The van der Waals surface area contributed by atoms with Gasteiger partial charge in [0, 0.05) is 12.8 Å². The van der Waals surface area contributed by atoms with Gasteiger partial charge in [-0.25, -0.2) is 4.57 Å². The molecule has 10 heteroatoms. The van der Waals surface area contributed by atoms with Crippen molar-refractivity contribution < 1.29 is 37.3 Å². The van der Waals surface area contributed by atoms with E-state index in [-0.39, 0.29) is 31.5 Å². The molecule has 0 heterocycles. The van der Waals surface area contributed by atoms with Gasteiger partial charge >= 0.3 is 13.8 Å². The van der Waals surface area contributed by atoms with Gasteiger partial charge in [-0.2, -0.15) is 0 Å². The average molecular weight is 1100 g/mol. The number of hydrogen-bond donors (Lipinski definition) is 2. The van der Waals surface area contributed by atoms with Crippen molar-refractivity contribution in [2.75, 3.05) is 40.9 Å². The zero-order chi connectivity index (χ0) is 56.4. The highest BCUT2D eigenvalue weighted by atomic mass is 31.2. The number of amides is 1. The van der Waals surface area contributed by atoms with Gasteiger partial charge in [-0.1, -0.05) is 274 Å². The first kappa shape index (κ1) is 74.5.